The van der Waals surface area contributed by atoms with Crippen LogP contribution < -0.4 is 10.0 Å². The third kappa shape index (κ3) is 6.46. The van der Waals surface area contributed by atoms with Gasteiger partial charge < -0.3 is 10.1 Å². The number of carbonyl (C=O) groups excluding carboxylic acids is 2. The zero-order valence-electron chi connectivity index (χ0n) is 15.3. The lowest BCUT2D eigenvalue weighted by molar-refractivity contribution is -0.152. The molecule has 0 unspecified atom stereocenters. The highest BCUT2D eigenvalue weighted by molar-refractivity contribution is 7.89. The largest absolute Gasteiger partial charge is 0.452 e. The Morgan fingerprint density at radius 1 is 1.11 bits per heavy atom. The van der Waals surface area contributed by atoms with Gasteiger partial charge in [-0.25, -0.2) is 13.1 Å². The Labute approximate surface area is 162 Å². The van der Waals surface area contributed by atoms with Crippen molar-refractivity contribution in [3.05, 3.63) is 46.7 Å². The summed E-state index contributed by atoms with van der Waals surface area (Å²) in [6.45, 7) is 4.94. The van der Waals surface area contributed by atoms with Crippen LogP contribution in [0.25, 0.3) is 0 Å². The SMILES string of the molecule is CC(C)NS(=O)(=O)c1ccc(NC(=O)[C@@H](C)OC(=O)Cc2cccs2)cc1. The fourth-order valence-electron chi connectivity index (χ4n) is 2.19. The first-order chi connectivity index (χ1) is 12.7. The first kappa shape index (κ1) is 21.1. The molecule has 0 bridgehead atoms. The summed E-state index contributed by atoms with van der Waals surface area (Å²) in [5.41, 5.74) is 0.407. The molecular weight excluding hydrogens is 388 g/mol. The van der Waals surface area contributed by atoms with Crippen molar-refractivity contribution in [3.8, 4) is 0 Å². The standard InChI is InChI=1S/C18H22N2O5S2/c1-12(2)20-27(23,24)16-8-6-14(7-9-16)19-18(22)13(3)25-17(21)11-15-5-4-10-26-15/h4-10,12-13,20H,11H2,1-3H3,(H,19,22)/t13-/m1/s1. The lowest BCUT2D eigenvalue weighted by Crippen LogP contribution is -2.31. The maximum absolute atomic E-state index is 12.2. The number of sulfonamides is 1. The van der Waals surface area contributed by atoms with Crippen LogP contribution in [0.5, 0.6) is 0 Å². The van der Waals surface area contributed by atoms with Gasteiger partial charge >= 0.3 is 5.97 Å². The van der Waals surface area contributed by atoms with Gasteiger partial charge in [-0.1, -0.05) is 6.07 Å². The van der Waals surface area contributed by atoms with E-state index in [-0.39, 0.29) is 17.4 Å². The summed E-state index contributed by atoms with van der Waals surface area (Å²) in [4.78, 5) is 25.0. The molecule has 0 saturated carbocycles. The normalized spacial score (nSPS) is 12.6. The van der Waals surface area contributed by atoms with E-state index in [9.17, 15) is 18.0 Å². The molecule has 0 aliphatic rings. The zero-order valence-corrected chi connectivity index (χ0v) is 16.9. The molecule has 27 heavy (non-hydrogen) atoms. The lowest BCUT2D eigenvalue weighted by Gasteiger charge is -2.14. The minimum atomic E-state index is -3.59. The second-order valence-electron chi connectivity index (χ2n) is 6.18. The number of benzene rings is 1. The number of hydrogen-bond donors (Lipinski definition) is 2. The van der Waals surface area contributed by atoms with E-state index in [0.29, 0.717) is 5.69 Å². The first-order valence-corrected chi connectivity index (χ1v) is 10.7. The number of ether oxygens (including phenoxy) is 1. The third-order valence-electron chi connectivity index (χ3n) is 3.40. The molecule has 7 nitrogen and oxygen atoms in total. The summed E-state index contributed by atoms with van der Waals surface area (Å²) >= 11 is 1.44. The highest BCUT2D eigenvalue weighted by atomic mass is 32.2. The average molecular weight is 411 g/mol. The van der Waals surface area contributed by atoms with E-state index in [4.69, 9.17) is 4.74 Å². The number of amides is 1. The minimum absolute atomic E-state index is 0.102. The molecule has 2 N–H and O–H groups in total. The average Bonchev–Trinajstić information content (AvgIpc) is 3.06. The van der Waals surface area contributed by atoms with Gasteiger partial charge in [-0.05, 0) is 56.5 Å². The quantitative estimate of drug-likeness (QED) is 0.651. The van der Waals surface area contributed by atoms with E-state index in [0.717, 1.165) is 4.88 Å². The summed E-state index contributed by atoms with van der Waals surface area (Å²) in [7, 11) is -3.59. The number of rotatable bonds is 8. The Hall–Kier alpha value is -2.23. The van der Waals surface area contributed by atoms with Gasteiger partial charge in [0.1, 0.15) is 0 Å². The second-order valence-corrected chi connectivity index (χ2v) is 8.92. The van der Waals surface area contributed by atoms with Crippen LogP contribution in [0.2, 0.25) is 0 Å². The van der Waals surface area contributed by atoms with Crippen LogP contribution >= 0.6 is 11.3 Å². The Morgan fingerprint density at radius 2 is 1.78 bits per heavy atom. The summed E-state index contributed by atoms with van der Waals surface area (Å²) in [6.07, 6.45) is -0.853. The third-order valence-corrected chi connectivity index (χ3v) is 5.95. The van der Waals surface area contributed by atoms with Gasteiger partial charge in [0.25, 0.3) is 5.91 Å². The Morgan fingerprint density at radius 3 is 2.33 bits per heavy atom. The van der Waals surface area contributed by atoms with E-state index in [1.807, 2.05) is 17.5 Å². The molecule has 0 saturated heterocycles. The van der Waals surface area contributed by atoms with Crippen LogP contribution in [0.15, 0.2) is 46.7 Å². The molecule has 1 aromatic heterocycles. The van der Waals surface area contributed by atoms with Gasteiger partial charge in [-0.3, -0.25) is 9.59 Å². The molecule has 0 fully saturated rings. The molecule has 2 rings (SSSR count). The number of thiophene rings is 1. The predicted molar refractivity (Wildman–Crippen MR) is 104 cm³/mol. The number of esters is 1. The monoisotopic (exact) mass is 410 g/mol. The smallest absolute Gasteiger partial charge is 0.311 e. The molecule has 1 atom stereocenters. The highest BCUT2D eigenvalue weighted by Crippen LogP contribution is 2.15. The number of nitrogens with one attached hydrogen (secondary N) is 2. The lowest BCUT2D eigenvalue weighted by atomic mass is 10.3. The number of hydrogen-bond acceptors (Lipinski definition) is 6. The van der Waals surface area contributed by atoms with Crippen molar-refractivity contribution in [2.75, 3.05) is 5.32 Å². The summed E-state index contributed by atoms with van der Waals surface area (Å²) in [5, 5.41) is 4.46. The van der Waals surface area contributed by atoms with Crippen LogP contribution in [0, 0.1) is 0 Å². The number of carbonyl (C=O) groups is 2. The van der Waals surface area contributed by atoms with Gasteiger partial charge in [0.2, 0.25) is 10.0 Å². The van der Waals surface area contributed by atoms with E-state index >= 15 is 0 Å². The van der Waals surface area contributed by atoms with E-state index in [2.05, 4.69) is 10.0 Å². The second kappa shape index (κ2) is 9.12. The maximum Gasteiger partial charge on any atom is 0.311 e. The molecule has 0 aliphatic heterocycles. The molecule has 0 radical (unpaired) electrons. The van der Waals surface area contributed by atoms with Crippen LogP contribution in [0.4, 0.5) is 5.69 Å². The molecular formula is C18H22N2O5S2. The van der Waals surface area contributed by atoms with Crippen molar-refractivity contribution in [2.24, 2.45) is 0 Å². The molecule has 1 aromatic carbocycles. The van der Waals surface area contributed by atoms with Crippen LogP contribution in [-0.2, 0) is 30.8 Å². The maximum atomic E-state index is 12.2. The van der Waals surface area contributed by atoms with Crippen molar-refractivity contribution in [1.29, 1.82) is 0 Å². The summed E-state index contributed by atoms with van der Waals surface area (Å²) in [5.74, 6) is -0.980. The predicted octanol–water partition coefficient (Wildman–Crippen LogP) is 2.55. The fraction of sp³-hybridized carbons (Fsp3) is 0.333. The fourth-order valence-corrected chi connectivity index (χ4v) is 4.13. The number of anilines is 1. The molecule has 0 aliphatic carbocycles. The molecule has 146 valence electrons. The van der Waals surface area contributed by atoms with Gasteiger partial charge in [0, 0.05) is 16.6 Å². The van der Waals surface area contributed by atoms with Gasteiger partial charge in [0.05, 0.1) is 11.3 Å². The van der Waals surface area contributed by atoms with E-state index in [1.165, 1.54) is 42.5 Å². The summed E-state index contributed by atoms with van der Waals surface area (Å²) < 4.78 is 31.8. The zero-order chi connectivity index (χ0) is 20.0. The topological polar surface area (TPSA) is 102 Å². The van der Waals surface area contributed by atoms with Crippen LogP contribution in [-0.4, -0.2) is 32.4 Å². The Kier molecular flexibility index (Phi) is 7.11. The van der Waals surface area contributed by atoms with Crippen molar-refractivity contribution < 1.29 is 22.7 Å². The van der Waals surface area contributed by atoms with Crippen LogP contribution in [0.3, 0.4) is 0 Å². The highest BCUT2D eigenvalue weighted by Gasteiger charge is 2.19. The van der Waals surface area contributed by atoms with E-state index in [1.54, 1.807) is 13.8 Å². The van der Waals surface area contributed by atoms with Crippen molar-refractivity contribution in [3.63, 3.8) is 0 Å². The van der Waals surface area contributed by atoms with Crippen LogP contribution in [0.1, 0.15) is 25.6 Å². The van der Waals surface area contributed by atoms with Gasteiger partial charge in [-0.15, -0.1) is 11.3 Å². The Balaban J connectivity index is 1.92. The summed E-state index contributed by atoms with van der Waals surface area (Å²) in [6, 6.07) is 9.19. The molecule has 1 heterocycles. The van der Waals surface area contributed by atoms with E-state index < -0.39 is 28.0 Å². The van der Waals surface area contributed by atoms with Gasteiger partial charge in [-0.2, -0.15) is 0 Å². The first-order valence-electron chi connectivity index (χ1n) is 8.32. The van der Waals surface area contributed by atoms with Gasteiger partial charge in [0.15, 0.2) is 6.10 Å². The molecule has 2 aromatic rings. The molecule has 1 amide bonds. The van der Waals surface area contributed by atoms with Crippen molar-refractivity contribution >= 4 is 38.9 Å². The van der Waals surface area contributed by atoms with Crippen molar-refractivity contribution in [1.82, 2.24) is 4.72 Å². The molecule has 9 heteroatoms. The minimum Gasteiger partial charge on any atom is -0.452 e. The van der Waals surface area contributed by atoms with Crippen molar-refractivity contribution in [2.45, 2.75) is 44.2 Å². The molecule has 0 spiro atoms. The Bertz CT molecular complexity index is 875.